The highest BCUT2D eigenvalue weighted by molar-refractivity contribution is 6.31. The largest absolute Gasteiger partial charge is 0.481 e. The summed E-state index contributed by atoms with van der Waals surface area (Å²) in [6.45, 7) is 9.69. The van der Waals surface area contributed by atoms with Crippen LogP contribution >= 0.6 is 11.6 Å². The van der Waals surface area contributed by atoms with Gasteiger partial charge in [-0.25, -0.2) is 4.98 Å². The lowest BCUT2D eigenvalue weighted by Crippen LogP contribution is -2.27. The lowest BCUT2D eigenvalue weighted by atomic mass is 10.0. The summed E-state index contributed by atoms with van der Waals surface area (Å²) >= 11 is 6.30. The van der Waals surface area contributed by atoms with Gasteiger partial charge < -0.3 is 15.2 Å². The van der Waals surface area contributed by atoms with Crippen LogP contribution in [0.4, 0.5) is 5.69 Å². The molecular formula is C18H21ClN2O2. The van der Waals surface area contributed by atoms with E-state index in [9.17, 15) is 0 Å². The maximum Gasteiger partial charge on any atom is 0.213 e. The van der Waals surface area contributed by atoms with E-state index in [2.05, 4.69) is 11.6 Å². The van der Waals surface area contributed by atoms with Gasteiger partial charge in [0.2, 0.25) is 5.88 Å². The molecule has 1 aromatic carbocycles. The number of nitrogens with zero attached hydrogens (tertiary/aromatic N) is 1. The van der Waals surface area contributed by atoms with E-state index in [1.165, 1.54) is 0 Å². The van der Waals surface area contributed by atoms with E-state index in [0.717, 1.165) is 11.1 Å². The molecule has 1 aromatic heterocycles. The Labute approximate surface area is 141 Å². The molecule has 2 aromatic rings. The minimum Gasteiger partial charge on any atom is -0.481 e. The van der Waals surface area contributed by atoms with E-state index in [4.69, 9.17) is 26.8 Å². The Kier molecular flexibility index (Phi) is 4.85. The number of methoxy groups -OCH3 is 1. The first-order valence-electron chi connectivity index (χ1n) is 7.20. The van der Waals surface area contributed by atoms with Crippen LogP contribution in [0.1, 0.15) is 32.0 Å². The lowest BCUT2D eigenvalue weighted by molar-refractivity contribution is 0.103. The number of nitrogens with two attached hydrogens (primary N) is 1. The van der Waals surface area contributed by atoms with Crippen LogP contribution in [0.3, 0.4) is 0 Å². The van der Waals surface area contributed by atoms with E-state index in [0.29, 0.717) is 28.0 Å². The van der Waals surface area contributed by atoms with E-state index >= 15 is 0 Å². The van der Waals surface area contributed by atoms with Crippen LogP contribution in [0, 0.1) is 0 Å². The van der Waals surface area contributed by atoms with Gasteiger partial charge in [0.05, 0.1) is 12.1 Å². The number of benzene rings is 1. The molecule has 2 N–H and O–H groups in total. The molecule has 0 bridgehead atoms. The van der Waals surface area contributed by atoms with Gasteiger partial charge in [-0.15, -0.1) is 0 Å². The number of nitrogen functional groups attached to an aromatic ring is 1. The number of anilines is 1. The zero-order chi connectivity index (χ0) is 17.2. The van der Waals surface area contributed by atoms with Crippen LogP contribution in [-0.4, -0.2) is 12.1 Å². The van der Waals surface area contributed by atoms with Crippen molar-refractivity contribution in [2.45, 2.75) is 26.4 Å². The van der Waals surface area contributed by atoms with Gasteiger partial charge in [-0.05, 0) is 50.6 Å². The maximum absolute atomic E-state index is 6.30. The average molecular weight is 333 g/mol. The monoisotopic (exact) mass is 332 g/mol. The summed E-state index contributed by atoms with van der Waals surface area (Å²) in [4.78, 5) is 4.42. The Morgan fingerprint density at radius 1 is 1.26 bits per heavy atom. The number of rotatable bonds is 5. The molecule has 1 heterocycles. The van der Waals surface area contributed by atoms with Gasteiger partial charge >= 0.3 is 0 Å². The van der Waals surface area contributed by atoms with Gasteiger partial charge in [-0.1, -0.05) is 18.2 Å². The maximum atomic E-state index is 6.30. The molecule has 4 nitrogen and oxygen atoms in total. The second-order valence-corrected chi connectivity index (χ2v) is 6.24. The van der Waals surface area contributed by atoms with Gasteiger partial charge in [0.1, 0.15) is 17.0 Å². The summed E-state index contributed by atoms with van der Waals surface area (Å²) in [6.07, 6.45) is 0. The fourth-order valence-electron chi connectivity index (χ4n) is 2.25. The van der Waals surface area contributed by atoms with Crippen molar-refractivity contribution >= 4 is 22.9 Å². The SMILES string of the molecule is C=C(C)c1cc(N)ccc1OC(C)(C)c1nc(OC)ccc1Cl. The summed E-state index contributed by atoms with van der Waals surface area (Å²) in [5.74, 6) is 1.16. The third-order valence-electron chi connectivity index (χ3n) is 3.43. The van der Waals surface area contributed by atoms with Crippen molar-refractivity contribution < 1.29 is 9.47 Å². The van der Waals surface area contributed by atoms with Gasteiger partial charge in [-0.3, -0.25) is 0 Å². The smallest absolute Gasteiger partial charge is 0.213 e. The minimum absolute atomic E-state index is 0.485. The number of pyridine rings is 1. The second kappa shape index (κ2) is 6.50. The second-order valence-electron chi connectivity index (χ2n) is 5.83. The molecule has 0 aliphatic heterocycles. The van der Waals surface area contributed by atoms with Crippen molar-refractivity contribution in [3.05, 3.63) is 53.2 Å². The minimum atomic E-state index is -0.758. The Balaban J connectivity index is 2.44. The molecule has 0 unspecified atom stereocenters. The van der Waals surface area contributed by atoms with Crippen LogP contribution in [0.5, 0.6) is 11.6 Å². The lowest BCUT2D eigenvalue weighted by Gasteiger charge is -2.28. The molecule has 0 atom stereocenters. The van der Waals surface area contributed by atoms with Gasteiger partial charge in [-0.2, -0.15) is 0 Å². The summed E-state index contributed by atoms with van der Waals surface area (Å²) in [6, 6.07) is 8.92. The molecule has 0 spiro atoms. The van der Waals surface area contributed by atoms with Crippen molar-refractivity contribution in [1.82, 2.24) is 4.98 Å². The number of aromatic nitrogens is 1. The highest BCUT2D eigenvalue weighted by Crippen LogP contribution is 2.36. The number of hydrogen-bond acceptors (Lipinski definition) is 4. The number of halogens is 1. The molecule has 23 heavy (non-hydrogen) atoms. The molecule has 0 aliphatic carbocycles. The fraction of sp³-hybridized carbons (Fsp3) is 0.278. The predicted octanol–water partition coefficient (Wildman–Crippen LogP) is 4.67. The van der Waals surface area contributed by atoms with Crippen LogP contribution < -0.4 is 15.2 Å². The van der Waals surface area contributed by atoms with Crippen LogP contribution in [0.2, 0.25) is 5.02 Å². The normalized spacial score (nSPS) is 11.2. The van der Waals surface area contributed by atoms with Crippen molar-refractivity contribution in [2.75, 3.05) is 12.8 Å². The Morgan fingerprint density at radius 2 is 1.96 bits per heavy atom. The quantitative estimate of drug-likeness (QED) is 0.808. The summed E-state index contributed by atoms with van der Waals surface area (Å²) < 4.78 is 11.4. The van der Waals surface area contributed by atoms with Gasteiger partial charge in [0, 0.05) is 17.3 Å². The van der Waals surface area contributed by atoms with E-state index < -0.39 is 5.60 Å². The molecule has 0 aliphatic rings. The molecule has 5 heteroatoms. The highest BCUT2D eigenvalue weighted by atomic mass is 35.5. The molecule has 0 saturated carbocycles. The Hall–Kier alpha value is -2.20. The average Bonchev–Trinajstić information content (AvgIpc) is 2.49. The molecule has 0 saturated heterocycles. The van der Waals surface area contributed by atoms with E-state index in [-0.39, 0.29) is 0 Å². The molecule has 2 rings (SSSR count). The number of hydrogen-bond donors (Lipinski definition) is 1. The molecule has 0 radical (unpaired) electrons. The van der Waals surface area contributed by atoms with Crippen molar-refractivity contribution in [1.29, 1.82) is 0 Å². The van der Waals surface area contributed by atoms with Crippen molar-refractivity contribution in [3.63, 3.8) is 0 Å². The first-order chi connectivity index (χ1) is 10.7. The Morgan fingerprint density at radius 3 is 2.57 bits per heavy atom. The topological polar surface area (TPSA) is 57.4 Å². The summed E-state index contributed by atoms with van der Waals surface area (Å²) in [5.41, 5.74) is 8.08. The van der Waals surface area contributed by atoms with E-state index in [1.54, 1.807) is 25.3 Å². The molecular weight excluding hydrogens is 312 g/mol. The predicted molar refractivity (Wildman–Crippen MR) is 95.0 cm³/mol. The standard InChI is InChI=1S/C18H21ClN2O2/c1-11(2)13-10-12(20)6-8-15(13)23-18(3,4)17-14(19)7-9-16(21-17)22-5/h6-10H,1,20H2,2-5H3. The van der Waals surface area contributed by atoms with E-state index in [1.807, 2.05) is 32.9 Å². The summed E-state index contributed by atoms with van der Waals surface area (Å²) in [5, 5.41) is 0.517. The fourth-order valence-corrected chi connectivity index (χ4v) is 2.59. The summed E-state index contributed by atoms with van der Waals surface area (Å²) in [7, 11) is 1.56. The number of allylic oxidation sites excluding steroid dienone is 1. The zero-order valence-electron chi connectivity index (χ0n) is 13.8. The van der Waals surface area contributed by atoms with Crippen LogP contribution in [0.25, 0.3) is 5.57 Å². The van der Waals surface area contributed by atoms with Crippen LogP contribution in [0.15, 0.2) is 36.9 Å². The molecule has 122 valence electrons. The molecule has 0 amide bonds. The molecule has 0 fully saturated rings. The first kappa shape index (κ1) is 17.2. The van der Waals surface area contributed by atoms with Crippen molar-refractivity contribution in [3.8, 4) is 11.6 Å². The van der Waals surface area contributed by atoms with Crippen LogP contribution in [-0.2, 0) is 5.60 Å². The third-order valence-corrected chi connectivity index (χ3v) is 3.73. The van der Waals surface area contributed by atoms with Gasteiger partial charge in [0.25, 0.3) is 0 Å². The first-order valence-corrected chi connectivity index (χ1v) is 7.58. The highest BCUT2D eigenvalue weighted by Gasteiger charge is 2.29. The van der Waals surface area contributed by atoms with Crippen molar-refractivity contribution in [2.24, 2.45) is 0 Å². The number of ether oxygens (including phenoxy) is 2. The zero-order valence-corrected chi connectivity index (χ0v) is 14.6. The third kappa shape index (κ3) is 3.77. The Bertz CT molecular complexity index is 742. The van der Waals surface area contributed by atoms with Gasteiger partial charge in [0.15, 0.2) is 0 Å².